The van der Waals surface area contributed by atoms with Gasteiger partial charge >= 0.3 is 0 Å². The molecule has 1 nitrogen and oxygen atoms in total. The second-order valence-electron chi connectivity index (χ2n) is 5.48. The Labute approximate surface area is 102 Å². The topological polar surface area (TPSA) is 12.0 Å². The van der Waals surface area contributed by atoms with Crippen LogP contribution in [0.4, 0.5) is 8.78 Å². The number of rotatable bonds is 5. The average molecular weight is 241 g/mol. The number of hydrogen-bond acceptors (Lipinski definition) is 1. The Morgan fingerprint density at radius 3 is 2.41 bits per heavy atom. The van der Waals surface area contributed by atoms with Crippen molar-refractivity contribution in [3.05, 3.63) is 35.4 Å². The molecule has 1 rings (SSSR count). The molecule has 0 aromatic heterocycles. The van der Waals surface area contributed by atoms with Crippen LogP contribution in [-0.4, -0.2) is 13.1 Å². The Morgan fingerprint density at radius 1 is 1.24 bits per heavy atom. The number of halogens is 2. The van der Waals surface area contributed by atoms with Crippen LogP contribution in [-0.2, 0) is 6.42 Å². The highest BCUT2D eigenvalue weighted by Crippen LogP contribution is 2.28. The summed E-state index contributed by atoms with van der Waals surface area (Å²) in [6, 6.07) is 4.56. The Hall–Kier alpha value is -0.960. The summed E-state index contributed by atoms with van der Waals surface area (Å²) in [4.78, 5) is 0. The third-order valence-corrected chi connectivity index (χ3v) is 3.02. The fourth-order valence-electron chi connectivity index (χ4n) is 2.21. The van der Waals surface area contributed by atoms with Crippen molar-refractivity contribution in [2.75, 3.05) is 7.05 Å². The Morgan fingerprint density at radius 2 is 1.88 bits per heavy atom. The summed E-state index contributed by atoms with van der Waals surface area (Å²) >= 11 is 0. The quantitative estimate of drug-likeness (QED) is 0.831. The first-order valence-corrected chi connectivity index (χ1v) is 5.95. The lowest BCUT2D eigenvalue weighted by Gasteiger charge is -2.28. The van der Waals surface area contributed by atoms with Crippen LogP contribution >= 0.6 is 0 Å². The molecule has 0 amide bonds. The Kier molecular flexibility index (Phi) is 4.63. The molecule has 0 radical (unpaired) electrons. The lowest BCUT2D eigenvalue weighted by Crippen LogP contribution is -2.29. The van der Waals surface area contributed by atoms with Gasteiger partial charge in [-0.15, -0.1) is 0 Å². The first kappa shape index (κ1) is 14.1. The van der Waals surface area contributed by atoms with E-state index in [1.165, 1.54) is 12.1 Å². The van der Waals surface area contributed by atoms with E-state index in [0.717, 1.165) is 18.4 Å². The molecule has 96 valence electrons. The van der Waals surface area contributed by atoms with Crippen LogP contribution in [0.25, 0.3) is 0 Å². The molecule has 1 unspecified atom stereocenters. The van der Waals surface area contributed by atoms with Crippen molar-refractivity contribution in [3.8, 4) is 0 Å². The highest BCUT2D eigenvalue weighted by Gasteiger charge is 2.21. The fourth-order valence-corrected chi connectivity index (χ4v) is 2.21. The maximum Gasteiger partial charge on any atom is 0.159 e. The molecule has 1 aromatic rings. The van der Waals surface area contributed by atoms with E-state index in [4.69, 9.17) is 0 Å². The number of nitrogens with one attached hydrogen (secondary N) is 1. The van der Waals surface area contributed by atoms with E-state index in [2.05, 4.69) is 26.1 Å². The van der Waals surface area contributed by atoms with Gasteiger partial charge in [-0.3, -0.25) is 0 Å². The monoisotopic (exact) mass is 241 g/mol. The summed E-state index contributed by atoms with van der Waals surface area (Å²) in [6.07, 6.45) is 1.73. The first-order chi connectivity index (χ1) is 7.84. The summed E-state index contributed by atoms with van der Waals surface area (Å²) in [5, 5.41) is 3.19. The molecular formula is C14H21F2N. The highest BCUT2D eigenvalue weighted by molar-refractivity contribution is 5.19. The van der Waals surface area contributed by atoms with Gasteiger partial charge in [-0.05, 0) is 49.9 Å². The van der Waals surface area contributed by atoms with Crippen molar-refractivity contribution in [2.24, 2.45) is 5.41 Å². The van der Waals surface area contributed by atoms with Gasteiger partial charge in [0.2, 0.25) is 0 Å². The largest absolute Gasteiger partial charge is 0.317 e. The summed E-state index contributed by atoms with van der Waals surface area (Å²) in [7, 11) is 1.93. The SMILES string of the molecule is CNC(C)CC(C)(C)Cc1ccc(F)c(F)c1. The normalized spacial score (nSPS) is 13.8. The summed E-state index contributed by atoms with van der Waals surface area (Å²) < 4.78 is 25.9. The maximum absolute atomic E-state index is 13.1. The van der Waals surface area contributed by atoms with E-state index < -0.39 is 11.6 Å². The summed E-state index contributed by atoms with van der Waals surface area (Å²) in [6.45, 7) is 6.40. The predicted octanol–water partition coefficient (Wildman–Crippen LogP) is 3.53. The van der Waals surface area contributed by atoms with E-state index in [-0.39, 0.29) is 5.41 Å². The molecular weight excluding hydrogens is 220 g/mol. The van der Waals surface area contributed by atoms with Crippen LogP contribution in [0.3, 0.4) is 0 Å². The van der Waals surface area contributed by atoms with Crippen LogP contribution in [0.5, 0.6) is 0 Å². The molecule has 0 bridgehead atoms. The second kappa shape index (κ2) is 5.58. The van der Waals surface area contributed by atoms with Gasteiger partial charge in [0, 0.05) is 6.04 Å². The second-order valence-corrected chi connectivity index (χ2v) is 5.48. The Bertz CT molecular complexity index is 374. The third-order valence-electron chi connectivity index (χ3n) is 3.02. The van der Waals surface area contributed by atoms with Crippen molar-refractivity contribution < 1.29 is 8.78 Å². The smallest absolute Gasteiger partial charge is 0.159 e. The predicted molar refractivity (Wildman–Crippen MR) is 67.0 cm³/mol. The van der Waals surface area contributed by atoms with Crippen molar-refractivity contribution in [1.82, 2.24) is 5.32 Å². The van der Waals surface area contributed by atoms with Crippen molar-refractivity contribution in [2.45, 2.75) is 39.7 Å². The minimum atomic E-state index is -0.782. The summed E-state index contributed by atoms with van der Waals surface area (Å²) in [5.41, 5.74) is 0.907. The molecule has 17 heavy (non-hydrogen) atoms. The van der Waals surface area contributed by atoms with Crippen molar-refractivity contribution in [1.29, 1.82) is 0 Å². The van der Waals surface area contributed by atoms with E-state index >= 15 is 0 Å². The van der Waals surface area contributed by atoms with E-state index in [0.29, 0.717) is 6.04 Å². The van der Waals surface area contributed by atoms with E-state index in [9.17, 15) is 8.78 Å². The van der Waals surface area contributed by atoms with E-state index in [1.807, 2.05) is 7.05 Å². The molecule has 0 saturated carbocycles. The first-order valence-electron chi connectivity index (χ1n) is 5.95. The molecule has 1 N–H and O–H groups in total. The van der Waals surface area contributed by atoms with Crippen molar-refractivity contribution in [3.63, 3.8) is 0 Å². The minimum absolute atomic E-state index is 0.0622. The van der Waals surface area contributed by atoms with Crippen LogP contribution in [0, 0.1) is 17.0 Å². The minimum Gasteiger partial charge on any atom is -0.317 e. The molecule has 0 saturated heterocycles. The molecule has 0 heterocycles. The number of hydrogen-bond donors (Lipinski definition) is 1. The maximum atomic E-state index is 13.1. The van der Waals surface area contributed by atoms with Gasteiger partial charge < -0.3 is 5.32 Å². The van der Waals surface area contributed by atoms with Crippen LogP contribution < -0.4 is 5.32 Å². The van der Waals surface area contributed by atoms with Crippen LogP contribution in [0.1, 0.15) is 32.8 Å². The number of benzene rings is 1. The van der Waals surface area contributed by atoms with Gasteiger partial charge in [0.05, 0.1) is 0 Å². The van der Waals surface area contributed by atoms with E-state index in [1.54, 1.807) is 6.07 Å². The van der Waals surface area contributed by atoms with Crippen LogP contribution in [0.2, 0.25) is 0 Å². The average Bonchev–Trinajstić information content (AvgIpc) is 2.22. The zero-order valence-electron chi connectivity index (χ0n) is 11.0. The van der Waals surface area contributed by atoms with Crippen LogP contribution in [0.15, 0.2) is 18.2 Å². The molecule has 3 heteroatoms. The van der Waals surface area contributed by atoms with Gasteiger partial charge in [-0.1, -0.05) is 19.9 Å². The fraction of sp³-hybridized carbons (Fsp3) is 0.571. The third kappa shape index (κ3) is 4.43. The molecule has 0 aliphatic rings. The highest BCUT2D eigenvalue weighted by atomic mass is 19.2. The standard InChI is InChI=1S/C14H21F2N/c1-10(17-4)8-14(2,3)9-11-5-6-12(15)13(16)7-11/h5-7,10,17H,8-9H2,1-4H3. The molecule has 0 aliphatic heterocycles. The van der Waals surface area contributed by atoms with Gasteiger partial charge in [0.1, 0.15) is 0 Å². The molecule has 1 atom stereocenters. The molecule has 0 aliphatic carbocycles. The zero-order chi connectivity index (χ0) is 13.1. The zero-order valence-corrected chi connectivity index (χ0v) is 11.0. The molecule has 1 aromatic carbocycles. The van der Waals surface area contributed by atoms with Gasteiger partial charge in [0.15, 0.2) is 11.6 Å². The molecule has 0 spiro atoms. The molecule has 0 fully saturated rings. The lowest BCUT2D eigenvalue weighted by molar-refractivity contribution is 0.293. The van der Waals surface area contributed by atoms with Crippen molar-refractivity contribution >= 4 is 0 Å². The van der Waals surface area contributed by atoms with Gasteiger partial charge in [0.25, 0.3) is 0 Å². The summed E-state index contributed by atoms with van der Waals surface area (Å²) in [5.74, 6) is -1.55. The van der Waals surface area contributed by atoms with Gasteiger partial charge in [-0.2, -0.15) is 0 Å². The lowest BCUT2D eigenvalue weighted by atomic mass is 9.80. The Balaban J connectivity index is 2.72. The van der Waals surface area contributed by atoms with Gasteiger partial charge in [-0.25, -0.2) is 8.78 Å².